The van der Waals surface area contributed by atoms with Gasteiger partial charge in [-0.15, -0.1) is 0 Å². The van der Waals surface area contributed by atoms with Crippen molar-refractivity contribution in [2.24, 2.45) is 0 Å². The first-order valence-electron chi connectivity index (χ1n) is 6.34. The molecule has 0 bridgehead atoms. The van der Waals surface area contributed by atoms with Crippen LogP contribution < -0.4 is 5.32 Å². The average molecular weight is 327 g/mol. The van der Waals surface area contributed by atoms with E-state index < -0.39 is 0 Å². The minimum Gasteiger partial charge on any atom is -0.350 e. The lowest BCUT2D eigenvalue weighted by atomic mass is 10.2. The number of hydrogen-bond acceptors (Lipinski definition) is 2. The van der Waals surface area contributed by atoms with Gasteiger partial charge in [0.25, 0.3) is 5.91 Å². The molecule has 1 rings (SSSR count). The van der Waals surface area contributed by atoms with E-state index in [1.54, 1.807) is 24.0 Å². The zero-order valence-electron chi connectivity index (χ0n) is 11.3. The molecule has 0 aliphatic rings. The van der Waals surface area contributed by atoms with Crippen LogP contribution in [0.4, 0.5) is 0 Å². The van der Waals surface area contributed by atoms with Gasteiger partial charge in [-0.2, -0.15) is 0 Å². The molecule has 104 valence electrons. The van der Waals surface area contributed by atoms with E-state index in [0.717, 1.165) is 17.4 Å². The fraction of sp³-hybridized carbons (Fsp3) is 0.429. The molecule has 0 spiro atoms. The molecule has 1 N–H and O–H groups in total. The van der Waals surface area contributed by atoms with Crippen LogP contribution in [0.3, 0.4) is 0 Å². The smallest absolute Gasteiger partial charge is 0.251 e. The van der Waals surface area contributed by atoms with Gasteiger partial charge in [0.15, 0.2) is 0 Å². The lowest BCUT2D eigenvalue weighted by Crippen LogP contribution is -2.37. The summed E-state index contributed by atoms with van der Waals surface area (Å²) in [6.07, 6.45) is 0.916. The third-order valence-corrected chi connectivity index (χ3v) is 3.19. The number of amides is 2. The summed E-state index contributed by atoms with van der Waals surface area (Å²) in [4.78, 5) is 24.9. The summed E-state index contributed by atoms with van der Waals surface area (Å²) in [5.41, 5.74) is 0.610. The minimum absolute atomic E-state index is 0.0403. The van der Waals surface area contributed by atoms with Crippen molar-refractivity contribution in [2.75, 3.05) is 19.6 Å². The predicted octanol–water partition coefficient (Wildman–Crippen LogP) is 2.44. The third-order valence-electron chi connectivity index (χ3n) is 2.69. The maximum atomic E-state index is 11.9. The van der Waals surface area contributed by atoms with Gasteiger partial charge in [-0.1, -0.05) is 28.9 Å². The summed E-state index contributed by atoms with van der Waals surface area (Å²) >= 11 is 3.33. The van der Waals surface area contributed by atoms with Crippen molar-refractivity contribution in [3.8, 4) is 0 Å². The first-order valence-corrected chi connectivity index (χ1v) is 7.13. The summed E-state index contributed by atoms with van der Waals surface area (Å²) < 4.78 is 0.872. The molecular formula is C14H19BrN2O2. The van der Waals surface area contributed by atoms with Gasteiger partial charge >= 0.3 is 0 Å². The molecule has 0 saturated carbocycles. The van der Waals surface area contributed by atoms with Crippen LogP contribution in [0.5, 0.6) is 0 Å². The second kappa shape index (κ2) is 7.94. The topological polar surface area (TPSA) is 49.4 Å². The van der Waals surface area contributed by atoms with E-state index in [0.29, 0.717) is 18.7 Å². The Morgan fingerprint density at radius 1 is 1.32 bits per heavy atom. The standard InChI is InChI=1S/C14H19BrN2O2/c1-3-8-17(11(2)18)9-7-16-14(19)12-5-4-6-13(15)10-12/h4-6,10H,3,7-9H2,1-2H3,(H,16,19). The molecule has 0 aromatic heterocycles. The van der Waals surface area contributed by atoms with Crippen molar-refractivity contribution < 1.29 is 9.59 Å². The first kappa shape index (κ1) is 15.7. The van der Waals surface area contributed by atoms with Crippen LogP contribution in [0.1, 0.15) is 30.6 Å². The Kier molecular flexibility index (Phi) is 6.56. The third kappa shape index (κ3) is 5.42. The second-order valence-corrected chi connectivity index (χ2v) is 5.19. The summed E-state index contributed by atoms with van der Waals surface area (Å²) in [7, 11) is 0. The van der Waals surface area contributed by atoms with Crippen LogP contribution in [0.2, 0.25) is 0 Å². The molecule has 0 aliphatic heterocycles. The van der Waals surface area contributed by atoms with Crippen LogP contribution in [0.25, 0.3) is 0 Å². The van der Waals surface area contributed by atoms with Crippen molar-refractivity contribution in [1.29, 1.82) is 0 Å². The highest BCUT2D eigenvalue weighted by atomic mass is 79.9. The maximum absolute atomic E-state index is 11.9. The average Bonchev–Trinajstić information content (AvgIpc) is 2.37. The molecule has 0 heterocycles. The van der Waals surface area contributed by atoms with E-state index in [-0.39, 0.29) is 11.8 Å². The van der Waals surface area contributed by atoms with Crippen LogP contribution in [-0.2, 0) is 4.79 Å². The molecule has 1 aromatic rings. The molecule has 5 heteroatoms. The number of nitrogens with zero attached hydrogens (tertiary/aromatic N) is 1. The number of halogens is 1. The Hall–Kier alpha value is -1.36. The number of rotatable bonds is 6. The van der Waals surface area contributed by atoms with E-state index in [2.05, 4.69) is 21.2 Å². The van der Waals surface area contributed by atoms with Gasteiger partial charge in [0.2, 0.25) is 5.91 Å². The van der Waals surface area contributed by atoms with Gasteiger partial charge in [-0.3, -0.25) is 9.59 Å². The highest BCUT2D eigenvalue weighted by Gasteiger charge is 2.09. The Morgan fingerprint density at radius 3 is 2.63 bits per heavy atom. The molecule has 0 saturated heterocycles. The minimum atomic E-state index is -0.124. The normalized spacial score (nSPS) is 10.1. The van der Waals surface area contributed by atoms with Crippen molar-refractivity contribution in [1.82, 2.24) is 10.2 Å². The lowest BCUT2D eigenvalue weighted by Gasteiger charge is -2.20. The van der Waals surface area contributed by atoms with E-state index >= 15 is 0 Å². The van der Waals surface area contributed by atoms with E-state index in [9.17, 15) is 9.59 Å². The Balaban J connectivity index is 2.44. The van der Waals surface area contributed by atoms with Crippen LogP contribution in [-0.4, -0.2) is 36.3 Å². The number of carbonyl (C=O) groups excluding carboxylic acids is 2. The number of benzene rings is 1. The quantitative estimate of drug-likeness (QED) is 0.872. The Labute approximate surface area is 122 Å². The van der Waals surface area contributed by atoms with E-state index in [1.165, 1.54) is 0 Å². The summed E-state index contributed by atoms with van der Waals surface area (Å²) in [6, 6.07) is 7.21. The fourth-order valence-electron chi connectivity index (χ4n) is 1.73. The van der Waals surface area contributed by atoms with Crippen molar-refractivity contribution >= 4 is 27.7 Å². The first-order chi connectivity index (χ1) is 9.04. The summed E-state index contributed by atoms with van der Waals surface area (Å²) in [5, 5.41) is 2.82. The lowest BCUT2D eigenvalue weighted by molar-refractivity contribution is -0.128. The molecule has 0 unspecified atom stereocenters. The Bertz CT molecular complexity index is 449. The highest BCUT2D eigenvalue weighted by Crippen LogP contribution is 2.11. The molecule has 4 nitrogen and oxygen atoms in total. The van der Waals surface area contributed by atoms with Gasteiger partial charge < -0.3 is 10.2 Å². The zero-order valence-corrected chi connectivity index (χ0v) is 12.9. The van der Waals surface area contributed by atoms with E-state index in [4.69, 9.17) is 0 Å². The Morgan fingerprint density at radius 2 is 2.05 bits per heavy atom. The largest absolute Gasteiger partial charge is 0.350 e. The molecular weight excluding hydrogens is 308 g/mol. The molecule has 1 aromatic carbocycles. The molecule has 0 aliphatic carbocycles. The number of nitrogens with one attached hydrogen (secondary N) is 1. The predicted molar refractivity (Wildman–Crippen MR) is 79.0 cm³/mol. The van der Waals surface area contributed by atoms with Crippen LogP contribution in [0.15, 0.2) is 28.7 Å². The molecule has 0 atom stereocenters. The molecule has 2 amide bonds. The summed E-state index contributed by atoms with van der Waals surface area (Å²) in [5.74, 6) is -0.0835. The summed E-state index contributed by atoms with van der Waals surface area (Å²) in [6.45, 7) is 5.30. The van der Waals surface area contributed by atoms with Crippen LogP contribution in [0, 0.1) is 0 Å². The van der Waals surface area contributed by atoms with Crippen molar-refractivity contribution in [2.45, 2.75) is 20.3 Å². The van der Waals surface area contributed by atoms with Gasteiger partial charge in [-0.25, -0.2) is 0 Å². The highest BCUT2D eigenvalue weighted by molar-refractivity contribution is 9.10. The maximum Gasteiger partial charge on any atom is 0.251 e. The van der Waals surface area contributed by atoms with Gasteiger partial charge in [0, 0.05) is 36.6 Å². The van der Waals surface area contributed by atoms with Crippen LogP contribution >= 0.6 is 15.9 Å². The number of carbonyl (C=O) groups is 2. The molecule has 19 heavy (non-hydrogen) atoms. The monoisotopic (exact) mass is 326 g/mol. The fourth-order valence-corrected chi connectivity index (χ4v) is 2.13. The SMILES string of the molecule is CCCN(CCNC(=O)c1cccc(Br)c1)C(C)=O. The molecule has 0 fully saturated rings. The molecule has 0 radical (unpaired) electrons. The van der Waals surface area contributed by atoms with E-state index in [1.807, 2.05) is 19.1 Å². The zero-order chi connectivity index (χ0) is 14.3. The van der Waals surface area contributed by atoms with Gasteiger partial charge in [-0.05, 0) is 24.6 Å². The van der Waals surface area contributed by atoms with Crippen molar-refractivity contribution in [3.05, 3.63) is 34.3 Å². The van der Waals surface area contributed by atoms with Gasteiger partial charge in [0.05, 0.1) is 0 Å². The number of hydrogen-bond donors (Lipinski definition) is 1. The van der Waals surface area contributed by atoms with Crippen molar-refractivity contribution in [3.63, 3.8) is 0 Å². The second-order valence-electron chi connectivity index (χ2n) is 4.27. The van der Waals surface area contributed by atoms with Gasteiger partial charge in [0.1, 0.15) is 0 Å².